The molecule has 0 atom stereocenters. The van der Waals surface area contributed by atoms with Gasteiger partial charge in [-0.1, -0.05) is 31.0 Å². The van der Waals surface area contributed by atoms with E-state index in [9.17, 15) is 27.9 Å². The molecule has 3 aromatic heterocycles. The molecule has 2 N–H and O–H groups in total. The van der Waals surface area contributed by atoms with E-state index in [0.29, 0.717) is 62.0 Å². The van der Waals surface area contributed by atoms with Gasteiger partial charge in [-0.05, 0) is 67.0 Å². The van der Waals surface area contributed by atoms with Crippen molar-refractivity contribution >= 4 is 40.2 Å². The normalized spacial score (nSPS) is 17.7. The quantitative estimate of drug-likeness (QED) is 0.262. The number of carbonyl (C=O) groups is 1. The molecule has 48 heavy (non-hydrogen) atoms. The molecule has 15 heteroatoms. The number of alkyl halides is 3. The van der Waals surface area contributed by atoms with E-state index in [4.69, 9.17) is 16.6 Å². The van der Waals surface area contributed by atoms with Crippen LogP contribution in [0.5, 0.6) is 5.75 Å². The zero-order valence-electron chi connectivity index (χ0n) is 26.2. The number of nitrogens with zero attached hydrogens (tertiary/aromatic N) is 7. The number of hydrogen-bond donors (Lipinski definition) is 2. The Morgan fingerprint density at radius 3 is 2.52 bits per heavy atom. The summed E-state index contributed by atoms with van der Waals surface area (Å²) in [5, 5.41) is 17.2. The second-order valence-corrected chi connectivity index (χ2v) is 13.1. The third kappa shape index (κ3) is 5.91. The van der Waals surface area contributed by atoms with Gasteiger partial charge in [0.15, 0.2) is 5.82 Å². The van der Waals surface area contributed by atoms with E-state index in [-0.39, 0.29) is 39.8 Å². The predicted octanol–water partition coefficient (Wildman–Crippen LogP) is 5.14. The summed E-state index contributed by atoms with van der Waals surface area (Å²) in [5.41, 5.74) is 1.53. The maximum atomic E-state index is 14.2. The largest absolute Gasteiger partial charge is 0.506 e. The van der Waals surface area contributed by atoms with Crippen molar-refractivity contribution in [3.63, 3.8) is 0 Å². The van der Waals surface area contributed by atoms with Crippen LogP contribution in [0.15, 0.2) is 47.4 Å². The molecule has 252 valence electrons. The molecule has 2 fully saturated rings. The molecule has 2 aliphatic carbocycles. The molecule has 1 saturated heterocycles. The van der Waals surface area contributed by atoms with E-state index in [2.05, 4.69) is 26.4 Å². The lowest BCUT2D eigenvalue weighted by atomic mass is 9.58. The van der Waals surface area contributed by atoms with E-state index >= 15 is 0 Å². The van der Waals surface area contributed by atoms with Gasteiger partial charge in [0.1, 0.15) is 18.0 Å². The first-order valence-corrected chi connectivity index (χ1v) is 16.3. The van der Waals surface area contributed by atoms with Crippen molar-refractivity contribution in [2.75, 3.05) is 36.4 Å². The molecular formula is C33H34ClF3N8O3. The van der Waals surface area contributed by atoms with Crippen LogP contribution in [0.4, 0.5) is 24.5 Å². The number of aromatic nitrogens is 5. The fourth-order valence-electron chi connectivity index (χ4n) is 6.90. The number of amides is 1. The molecule has 0 bridgehead atoms. The average molecular weight is 683 g/mol. The smallest absolute Gasteiger partial charge is 0.416 e. The number of rotatable bonds is 8. The summed E-state index contributed by atoms with van der Waals surface area (Å²) in [4.78, 5) is 40.8. The Morgan fingerprint density at radius 2 is 1.90 bits per heavy atom. The topological polar surface area (TPSA) is 121 Å². The van der Waals surface area contributed by atoms with Gasteiger partial charge in [0.2, 0.25) is 11.7 Å². The number of anilines is 2. The molecule has 1 aliphatic heterocycles. The molecule has 7 rings (SSSR count). The minimum atomic E-state index is -4.58. The lowest BCUT2D eigenvalue weighted by Gasteiger charge is -2.46. The predicted molar refractivity (Wildman–Crippen MR) is 174 cm³/mol. The summed E-state index contributed by atoms with van der Waals surface area (Å²) in [6.07, 6.45) is 3.92. The minimum absolute atomic E-state index is 0.0349. The van der Waals surface area contributed by atoms with Crippen LogP contribution in [0, 0.1) is 5.41 Å². The van der Waals surface area contributed by atoms with E-state index in [1.165, 1.54) is 10.9 Å². The number of halogens is 4. The molecule has 1 aromatic carbocycles. The summed E-state index contributed by atoms with van der Waals surface area (Å²) in [6, 6.07) is 6.02. The van der Waals surface area contributed by atoms with Crippen molar-refractivity contribution in [2.45, 2.75) is 58.3 Å². The highest BCUT2D eigenvalue weighted by molar-refractivity contribution is 6.33. The maximum absolute atomic E-state index is 14.2. The Labute approximate surface area is 278 Å². The molecule has 11 nitrogen and oxygen atoms in total. The first-order chi connectivity index (χ1) is 22.9. The summed E-state index contributed by atoms with van der Waals surface area (Å²) < 4.78 is 42.5. The molecular weight excluding hydrogens is 649 g/mol. The van der Waals surface area contributed by atoms with Crippen molar-refractivity contribution < 1.29 is 23.1 Å². The molecule has 4 heterocycles. The maximum Gasteiger partial charge on any atom is 0.416 e. The van der Waals surface area contributed by atoms with Gasteiger partial charge in [-0.15, -0.1) is 5.10 Å². The van der Waals surface area contributed by atoms with E-state index in [1.807, 2.05) is 11.8 Å². The zero-order chi connectivity index (χ0) is 33.8. The van der Waals surface area contributed by atoms with Gasteiger partial charge in [0, 0.05) is 38.9 Å². The van der Waals surface area contributed by atoms with Crippen LogP contribution < -0.4 is 15.8 Å². The monoisotopic (exact) mass is 682 g/mol. The molecule has 1 amide bonds. The molecule has 4 aromatic rings. The van der Waals surface area contributed by atoms with Crippen LogP contribution in [-0.2, 0) is 30.5 Å². The number of hydrogen-bond acceptors (Lipinski definition) is 8. The van der Waals surface area contributed by atoms with Gasteiger partial charge in [-0.3, -0.25) is 19.5 Å². The number of piperazine rings is 1. The van der Waals surface area contributed by atoms with Crippen LogP contribution >= 0.6 is 11.6 Å². The highest BCUT2D eigenvalue weighted by Gasteiger charge is 2.43. The number of fused-ring (bicyclic) bond motifs is 1. The second-order valence-electron chi connectivity index (χ2n) is 12.7. The summed E-state index contributed by atoms with van der Waals surface area (Å²) >= 11 is 6.13. The van der Waals surface area contributed by atoms with Gasteiger partial charge in [0.25, 0.3) is 5.56 Å². The Balaban J connectivity index is 1.21. The molecule has 0 radical (unpaired) electrons. The third-order valence-corrected chi connectivity index (χ3v) is 9.93. The fourth-order valence-corrected chi connectivity index (χ4v) is 7.13. The van der Waals surface area contributed by atoms with Gasteiger partial charge in [0.05, 0.1) is 27.7 Å². The Hall–Kier alpha value is -4.43. The second kappa shape index (κ2) is 12.2. The molecule has 1 spiro atoms. The Bertz CT molecular complexity index is 1990. The number of carbonyl (C=O) groups excluding carboxylic acids is 1. The molecule has 1 saturated carbocycles. The van der Waals surface area contributed by atoms with Crippen LogP contribution in [0.25, 0.3) is 11.4 Å². The lowest BCUT2D eigenvalue weighted by Crippen LogP contribution is -2.48. The SMILES string of the molecule is CCc1c(N2CCN(Cc3ncccc3O)CC2)c(=O)n2nc(C3=CC4(CCC4)C3)nc2n1CC(=O)Nc1ccc(C(F)(F)F)cc1Cl. The average Bonchev–Trinajstić information content (AvgIpc) is 3.45. The van der Waals surface area contributed by atoms with Gasteiger partial charge < -0.3 is 19.9 Å². The first kappa shape index (κ1) is 32.1. The summed E-state index contributed by atoms with van der Waals surface area (Å²) in [6.45, 7) is 4.27. The van der Waals surface area contributed by atoms with E-state index < -0.39 is 17.6 Å². The number of benzene rings is 1. The number of aromatic hydroxyl groups is 1. The van der Waals surface area contributed by atoms with Crippen molar-refractivity contribution in [3.8, 4) is 5.75 Å². The molecule has 0 unspecified atom stereocenters. The van der Waals surface area contributed by atoms with Crippen molar-refractivity contribution in [1.82, 2.24) is 29.0 Å². The number of allylic oxidation sites excluding steroid dienone is 2. The highest BCUT2D eigenvalue weighted by Crippen LogP contribution is 2.56. The third-order valence-electron chi connectivity index (χ3n) is 9.62. The van der Waals surface area contributed by atoms with Crippen molar-refractivity contribution in [2.24, 2.45) is 5.41 Å². The van der Waals surface area contributed by atoms with Crippen LogP contribution in [0.1, 0.15) is 55.4 Å². The van der Waals surface area contributed by atoms with Gasteiger partial charge in [-0.25, -0.2) is 0 Å². The zero-order valence-corrected chi connectivity index (χ0v) is 27.0. The minimum Gasteiger partial charge on any atom is -0.506 e. The van der Waals surface area contributed by atoms with E-state index in [1.54, 1.807) is 22.9 Å². The number of nitrogens with one attached hydrogen (secondary N) is 1. The van der Waals surface area contributed by atoms with E-state index in [0.717, 1.165) is 43.0 Å². The van der Waals surface area contributed by atoms with Crippen LogP contribution in [0.2, 0.25) is 5.02 Å². The van der Waals surface area contributed by atoms with Crippen LogP contribution in [0.3, 0.4) is 0 Å². The summed E-state index contributed by atoms with van der Waals surface area (Å²) in [7, 11) is 0. The fraction of sp³-hybridized carbons (Fsp3) is 0.424. The first-order valence-electron chi connectivity index (χ1n) is 16.0. The highest BCUT2D eigenvalue weighted by atomic mass is 35.5. The van der Waals surface area contributed by atoms with Gasteiger partial charge in [-0.2, -0.15) is 22.7 Å². The molecule has 3 aliphatic rings. The number of pyridine rings is 1. The summed E-state index contributed by atoms with van der Waals surface area (Å²) in [5.74, 6) is 0.237. The van der Waals surface area contributed by atoms with Crippen molar-refractivity contribution in [3.05, 3.63) is 80.8 Å². The van der Waals surface area contributed by atoms with Crippen LogP contribution in [-0.4, -0.2) is 66.2 Å². The van der Waals surface area contributed by atoms with Crippen molar-refractivity contribution in [1.29, 1.82) is 0 Å². The van der Waals surface area contributed by atoms with Gasteiger partial charge >= 0.3 is 6.18 Å². The Kier molecular flexibility index (Phi) is 8.18. The lowest BCUT2D eigenvalue weighted by molar-refractivity contribution is -0.137. The Morgan fingerprint density at radius 1 is 1.15 bits per heavy atom. The standard InChI is InChI=1S/C33H34ClF3N8O3/c1-2-25-28(43-13-11-42(12-14-43)18-24-26(46)5-3-10-38-24)30(48)45-31(40-29(41-45)20-16-32(17-20)8-4-9-32)44(25)19-27(47)39-23-7-6-21(15-22(23)34)33(35,36)37/h3,5-7,10,15-16,46H,2,4,8-9,11-14,17-19H2,1H3,(H,39,47).